The minimum absolute atomic E-state index is 0.0453. The Kier molecular flexibility index (Phi) is 4.50. The van der Waals surface area contributed by atoms with E-state index in [-0.39, 0.29) is 11.6 Å². The number of nitrogens with one attached hydrogen (secondary N) is 2. The van der Waals surface area contributed by atoms with Crippen LogP contribution in [0.25, 0.3) is 10.9 Å². The predicted octanol–water partition coefficient (Wildman–Crippen LogP) is 3.37. The SMILES string of the molecule is O=C(NCCOc1ccc2c(c1)CCC2)c1c[nH]c2ccc([N+](=O)[O-])cc12. The zero-order valence-corrected chi connectivity index (χ0v) is 14.7. The van der Waals surface area contributed by atoms with E-state index in [2.05, 4.69) is 22.4 Å². The van der Waals surface area contributed by atoms with Gasteiger partial charge in [0.1, 0.15) is 12.4 Å². The minimum Gasteiger partial charge on any atom is -0.492 e. The molecule has 7 nitrogen and oxygen atoms in total. The van der Waals surface area contributed by atoms with Crippen molar-refractivity contribution in [1.29, 1.82) is 0 Å². The lowest BCUT2D eigenvalue weighted by Crippen LogP contribution is -2.27. The lowest BCUT2D eigenvalue weighted by molar-refractivity contribution is -0.384. The van der Waals surface area contributed by atoms with Crippen LogP contribution in [0.4, 0.5) is 5.69 Å². The average Bonchev–Trinajstić information content (AvgIpc) is 3.30. The summed E-state index contributed by atoms with van der Waals surface area (Å²) in [7, 11) is 0. The number of hydrogen-bond donors (Lipinski definition) is 2. The van der Waals surface area contributed by atoms with E-state index in [1.54, 1.807) is 12.3 Å². The van der Waals surface area contributed by atoms with Crippen molar-refractivity contribution in [2.45, 2.75) is 19.3 Å². The third-order valence-corrected chi connectivity index (χ3v) is 4.85. The van der Waals surface area contributed by atoms with Crippen molar-refractivity contribution < 1.29 is 14.5 Å². The maximum absolute atomic E-state index is 12.4. The number of carbonyl (C=O) groups is 1. The molecule has 27 heavy (non-hydrogen) atoms. The van der Waals surface area contributed by atoms with Gasteiger partial charge in [-0.3, -0.25) is 14.9 Å². The first kappa shape index (κ1) is 17.1. The van der Waals surface area contributed by atoms with Crippen molar-refractivity contribution in [3.8, 4) is 5.75 Å². The summed E-state index contributed by atoms with van der Waals surface area (Å²) >= 11 is 0. The Labute approximate surface area is 155 Å². The van der Waals surface area contributed by atoms with Crippen LogP contribution in [0.15, 0.2) is 42.6 Å². The number of fused-ring (bicyclic) bond motifs is 2. The highest BCUT2D eigenvalue weighted by Gasteiger charge is 2.15. The van der Waals surface area contributed by atoms with Crippen LogP contribution in [-0.4, -0.2) is 29.0 Å². The second-order valence-electron chi connectivity index (χ2n) is 6.58. The fourth-order valence-electron chi connectivity index (χ4n) is 3.48. The van der Waals surface area contributed by atoms with Crippen molar-refractivity contribution in [2.24, 2.45) is 0 Å². The van der Waals surface area contributed by atoms with Crippen LogP contribution in [0.1, 0.15) is 27.9 Å². The smallest absolute Gasteiger partial charge is 0.270 e. The summed E-state index contributed by atoms with van der Waals surface area (Å²) in [6.45, 7) is 0.699. The highest BCUT2D eigenvalue weighted by Crippen LogP contribution is 2.26. The van der Waals surface area contributed by atoms with Gasteiger partial charge in [0.05, 0.1) is 17.0 Å². The number of benzene rings is 2. The number of amides is 1. The molecule has 2 N–H and O–H groups in total. The number of nitro benzene ring substituents is 1. The number of carbonyl (C=O) groups excluding carboxylic acids is 1. The van der Waals surface area contributed by atoms with E-state index in [1.165, 1.54) is 29.7 Å². The summed E-state index contributed by atoms with van der Waals surface area (Å²) in [6, 6.07) is 10.6. The van der Waals surface area contributed by atoms with Crippen molar-refractivity contribution >= 4 is 22.5 Å². The van der Waals surface area contributed by atoms with E-state index in [0.29, 0.717) is 29.6 Å². The molecule has 0 saturated carbocycles. The normalized spacial score (nSPS) is 12.7. The molecule has 0 saturated heterocycles. The molecule has 1 heterocycles. The first-order valence-corrected chi connectivity index (χ1v) is 8.90. The number of nitro groups is 1. The molecule has 138 valence electrons. The number of rotatable bonds is 6. The van der Waals surface area contributed by atoms with Gasteiger partial charge in [0.25, 0.3) is 11.6 Å². The highest BCUT2D eigenvalue weighted by molar-refractivity contribution is 6.07. The van der Waals surface area contributed by atoms with Crippen LogP contribution in [0.3, 0.4) is 0 Å². The van der Waals surface area contributed by atoms with E-state index < -0.39 is 4.92 Å². The minimum atomic E-state index is -0.474. The first-order chi connectivity index (χ1) is 13.1. The number of hydrogen-bond acceptors (Lipinski definition) is 4. The largest absolute Gasteiger partial charge is 0.492 e. The molecule has 7 heteroatoms. The van der Waals surface area contributed by atoms with Gasteiger partial charge in [0, 0.05) is 29.2 Å². The van der Waals surface area contributed by atoms with Gasteiger partial charge in [-0.2, -0.15) is 0 Å². The Morgan fingerprint density at radius 3 is 2.89 bits per heavy atom. The molecule has 1 amide bonds. The van der Waals surface area contributed by atoms with Gasteiger partial charge in [0.2, 0.25) is 0 Å². The predicted molar refractivity (Wildman–Crippen MR) is 101 cm³/mol. The highest BCUT2D eigenvalue weighted by atomic mass is 16.6. The van der Waals surface area contributed by atoms with Gasteiger partial charge >= 0.3 is 0 Å². The van der Waals surface area contributed by atoms with E-state index >= 15 is 0 Å². The lowest BCUT2D eigenvalue weighted by Gasteiger charge is -2.09. The van der Waals surface area contributed by atoms with Gasteiger partial charge in [-0.15, -0.1) is 0 Å². The molecular formula is C20H19N3O4. The standard InChI is InChI=1S/C20H19N3O4/c24-20(18-12-22-19-7-5-15(23(25)26)11-17(18)19)21-8-9-27-16-6-4-13-2-1-3-14(13)10-16/h4-7,10-12,22H,1-3,8-9H2,(H,21,24). The van der Waals surface area contributed by atoms with Crippen LogP contribution in [0.5, 0.6) is 5.75 Å². The molecule has 1 aromatic heterocycles. The monoisotopic (exact) mass is 365 g/mol. The molecule has 0 bridgehead atoms. The van der Waals surface area contributed by atoms with Crippen molar-refractivity contribution in [3.63, 3.8) is 0 Å². The fourth-order valence-corrected chi connectivity index (χ4v) is 3.48. The number of H-pyrrole nitrogens is 1. The summed E-state index contributed by atoms with van der Waals surface area (Å²) in [5.41, 5.74) is 3.75. The second-order valence-corrected chi connectivity index (χ2v) is 6.58. The maximum atomic E-state index is 12.4. The molecule has 0 unspecified atom stereocenters. The number of non-ortho nitro benzene ring substituents is 1. The van der Waals surface area contributed by atoms with Gasteiger partial charge < -0.3 is 15.0 Å². The molecule has 2 aromatic carbocycles. The molecule has 0 spiro atoms. The van der Waals surface area contributed by atoms with Crippen molar-refractivity contribution in [3.05, 3.63) is 69.4 Å². The summed E-state index contributed by atoms with van der Waals surface area (Å²) < 4.78 is 5.73. The molecule has 0 radical (unpaired) electrons. The van der Waals surface area contributed by atoms with Gasteiger partial charge in [-0.05, 0) is 48.6 Å². The van der Waals surface area contributed by atoms with Crippen LogP contribution in [-0.2, 0) is 12.8 Å². The number of ether oxygens (including phenoxy) is 1. The summed E-state index contributed by atoms with van der Waals surface area (Å²) in [6.07, 6.45) is 4.98. The first-order valence-electron chi connectivity index (χ1n) is 8.90. The summed E-state index contributed by atoms with van der Waals surface area (Å²) in [5, 5.41) is 14.3. The average molecular weight is 365 g/mol. The number of aromatic nitrogens is 1. The molecule has 3 aromatic rings. The van der Waals surface area contributed by atoms with Crippen LogP contribution < -0.4 is 10.1 Å². The molecule has 0 atom stereocenters. The molecule has 0 aliphatic heterocycles. The van der Waals surface area contributed by atoms with Crippen molar-refractivity contribution in [1.82, 2.24) is 10.3 Å². The number of nitrogens with zero attached hydrogens (tertiary/aromatic N) is 1. The molecular weight excluding hydrogens is 346 g/mol. The topological polar surface area (TPSA) is 97.3 Å². The zero-order chi connectivity index (χ0) is 18.8. The van der Waals surface area contributed by atoms with Crippen molar-refractivity contribution in [2.75, 3.05) is 13.2 Å². The Bertz CT molecular complexity index is 1030. The maximum Gasteiger partial charge on any atom is 0.270 e. The summed E-state index contributed by atoms with van der Waals surface area (Å²) in [4.78, 5) is 25.8. The molecule has 1 aliphatic rings. The molecule has 4 rings (SSSR count). The van der Waals surface area contributed by atoms with Crippen LogP contribution in [0, 0.1) is 10.1 Å². The van der Waals surface area contributed by atoms with Gasteiger partial charge in [-0.1, -0.05) is 6.07 Å². The third-order valence-electron chi connectivity index (χ3n) is 4.85. The van der Waals surface area contributed by atoms with Gasteiger partial charge in [-0.25, -0.2) is 0 Å². The Hall–Kier alpha value is -3.35. The zero-order valence-electron chi connectivity index (χ0n) is 14.7. The number of aryl methyl sites for hydroxylation is 2. The molecule has 0 fully saturated rings. The van der Waals surface area contributed by atoms with E-state index in [1.807, 2.05) is 6.07 Å². The lowest BCUT2D eigenvalue weighted by atomic mass is 10.1. The van der Waals surface area contributed by atoms with Crippen LogP contribution in [0.2, 0.25) is 0 Å². The Morgan fingerprint density at radius 1 is 1.19 bits per heavy atom. The summed E-state index contributed by atoms with van der Waals surface area (Å²) in [5.74, 6) is 0.520. The van der Waals surface area contributed by atoms with E-state index in [4.69, 9.17) is 4.74 Å². The van der Waals surface area contributed by atoms with Crippen LogP contribution >= 0.6 is 0 Å². The Morgan fingerprint density at radius 2 is 2.04 bits per heavy atom. The second kappa shape index (κ2) is 7.11. The third kappa shape index (κ3) is 3.48. The Balaban J connectivity index is 1.36. The molecule has 1 aliphatic carbocycles. The quantitative estimate of drug-likeness (QED) is 0.397. The van der Waals surface area contributed by atoms with E-state index in [0.717, 1.165) is 18.6 Å². The van der Waals surface area contributed by atoms with Gasteiger partial charge in [0.15, 0.2) is 0 Å². The number of aromatic amines is 1. The fraction of sp³-hybridized carbons (Fsp3) is 0.250. The van der Waals surface area contributed by atoms with E-state index in [9.17, 15) is 14.9 Å².